The van der Waals surface area contributed by atoms with Gasteiger partial charge in [0.05, 0.1) is 43.0 Å². The quantitative estimate of drug-likeness (QED) is 0.331. The van der Waals surface area contributed by atoms with E-state index in [9.17, 15) is 19.5 Å². The van der Waals surface area contributed by atoms with Crippen molar-refractivity contribution in [2.75, 3.05) is 42.4 Å². The zero-order valence-electron chi connectivity index (χ0n) is 23.6. The number of nitrogens with zero attached hydrogens (tertiary/aromatic N) is 3. The Bertz CT molecular complexity index is 1750. The summed E-state index contributed by atoms with van der Waals surface area (Å²) < 4.78 is 17.0. The highest BCUT2D eigenvalue weighted by Gasteiger charge is 2.36. The summed E-state index contributed by atoms with van der Waals surface area (Å²) in [6, 6.07) is 8.76. The number of phenolic OH excluding ortho intramolecular Hbond substituents is 1. The molecule has 0 fully saturated rings. The highest BCUT2D eigenvalue weighted by Crippen LogP contribution is 2.45. The van der Waals surface area contributed by atoms with Crippen molar-refractivity contribution in [1.82, 2.24) is 20.1 Å². The van der Waals surface area contributed by atoms with Crippen LogP contribution in [0.4, 0.5) is 0 Å². The molecule has 11 heteroatoms. The minimum absolute atomic E-state index is 0.0760. The molecule has 4 aromatic rings. The van der Waals surface area contributed by atoms with Crippen LogP contribution in [0.3, 0.4) is 0 Å². The molecule has 1 unspecified atom stereocenters. The average molecular weight is 559 g/mol. The van der Waals surface area contributed by atoms with Gasteiger partial charge in [-0.3, -0.25) is 19.3 Å². The standard InChI is InChI=1S/C30H30N4O7/c1-33(2)14-21-32-25-24(27(36)16-10-8-12-20(40-6)23(16)29(25)41-21)26(34(3)4)30(38)31-17-13-18(35)15-9-7-11-19(39-5)22(15)28(17)37/h7-13,26,36H,14H2,1-6H3,(H,31,38). The fourth-order valence-electron chi connectivity index (χ4n) is 5.17. The maximum absolute atomic E-state index is 13.9. The first-order valence-electron chi connectivity index (χ1n) is 12.8. The van der Waals surface area contributed by atoms with E-state index in [4.69, 9.17) is 13.9 Å². The van der Waals surface area contributed by atoms with Crippen LogP contribution in [0.5, 0.6) is 17.2 Å². The smallest absolute Gasteiger partial charge is 0.246 e. The van der Waals surface area contributed by atoms with Crippen LogP contribution in [-0.2, 0) is 11.3 Å². The number of carbonyl (C=O) groups is 3. The van der Waals surface area contributed by atoms with Crippen molar-refractivity contribution in [3.8, 4) is 17.2 Å². The molecule has 1 heterocycles. The number of carbonyl (C=O) groups excluding carboxylic acids is 3. The Kier molecular flexibility index (Phi) is 7.24. The first kappa shape index (κ1) is 27.8. The summed E-state index contributed by atoms with van der Waals surface area (Å²) in [5, 5.41) is 15.2. The summed E-state index contributed by atoms with van der Waals surface area (Å²) in [6.45, 7) is 0.370. The number of allylic oxidation sites excluding steroid dienone is 2. The summed E-state index contributed by atoms with van der Waals surface area (Å²) in [7, 11) is 9.97. The monoisotopic (exact) mass is 558 g/mol. The Balaban J connectivity index is 1.65. The number of amides is 1. The van der Waals surface area contributed by atoms with E-state index in [-0.39, 0.29) is 39.4 Å². The first-order valence-corrected chi connectivity index (χ1v) is 12.8. The number of fused-ring (bicyclic) bond motifs is 4. The minimum Gasteiger partial charge on any atom is -0.507 e. The van der Waals surface area contributed by atoms with E-state index >= 15 is 0 Å². The van der Waals surface area contributed by atoms with Crippen molar-refractivity contribution in [1.29, 1.82) is 0 Å². The van der Waals surface area contributed by atoms with E-state index in [1.807, 2.05) is 19.0 Å². The zero-order chi connectivity index (χ0) is 29.6. The summed E-state index contributed by atoms with van der Waals surface area (Å²) >= 11 is 0. The van der Waals surface area contributed by atoms with Crippen LogP contribution >= 0.6 is 0 Å². The zero-order valence-corrected chi connectivity index (χ0v) is 23.6. The fourth-order valence-corrected chi connectivity index (χ4v) is 5.17. The second-order valence-corrected chi connectivity index (χ2v) is 10.2. The number of oxazole rings is 1. The molecular weight excluding hydrogens is 528 g/mol. The number of hydrogen-bond donors (Lipinski definition) is 2. The van der Waals surface area contributed by atoms with E-state index in [2.05, 4.69) is 10.3 Å². The van der Waals surface area contributed by atoms with Crippen molar-refractivity contribution >= 4 is 39.3 Å². The third-order valence-corrected chi connectivity index (χ3v) is 6.92. The number of ether oxygens (including phenoxy) is 2. The van der Waals surface area contributed by atoms with Gasteiger partial charge in [0.1, 0.15) is 28.8 Å². The molecule has 212 valence electrons. The van der Waals surface area contributed by atoms with Gasteiger partial charge >= 0.3 is 0 Å². The van der Waals surface area contributed by atoms with E-state index < -0.39 is 23.5 Å². The molecule has 0 aliphatic heterocycles. The Labute approximate surface area is 235 Å². The molecule has 11 nitrogen and oxygen atoms in total. The molecule has 5 rings (SSSR count). The fraction of sp³-hybridized carbons (Fsp3) is 0.267. The molecule has 3 aromatic carbocycles. The third-order valence-electron chi connectivity index (χ3n) is 6.92. The van der Waals surface area contributed by atoms with Crippen LogP contribution < -0.4 is 14.8 Å². The van der Waals surface area contributed by atoms with Gasteiger partial charge in [0.25, 0.3) is 0 Å². The molecule has 1 aromatic heterocycles. The Morgan fingerprint density at radius 3 is 2.39 bits per heavy atom. The lowest BCUT2D eigenvalue weighted by atomic mass is 9.91. The number of ketones is 2. The lowest BCUT2D eigenvalue weighted by Crippen LogP contribution is -2.39. The third kappa shape index (κ3) is 4.68. The van der Waals surface area contributed by atoms with Gasteiger partial charge < -0.3 is 29.2 Å². The number of benzene rings is 3. The maximum atomic E-state index is 13.9. The molecule has 2 N–H and O–H groups in total. The van der Waals surface area contributed by atoms with Crippen molar-refractivity contribution < 1.29 is 33.4 Å². The second kappa shape index (κ2) is 10.7. The normalized spacial score (nSPS) is 14.0. The number of hydrogen-bond acceptors (Lipinski definition) is 10. The summed E-state index contributed by atoms with van der Waals surface area (Å²) in [4.78, 5) is 48.3. The number of likely N-dealkylation sites (N-methyl/N-ethyl adjacent to an activating group) is 1. The summed E-state index contributed by atoms with van der Waals surface area (Å²) in [6.07, 6.45) is 1.10. The van der Waals surface area contributed by atoms with Gasteiger partial charge in [0.15, 0.2) is 11.4 Å². The van der Waals surface area contributed by atoms with Crippen molar-refractivity contribution in [3.63, 3.8) is 0 Å². The molecule has 0 bridgehead atoms. The lowest BCUT2D eigenvalue weighted by molar-refractivity contribution is -0.125. The van der Waals surface area contributed by atoms with Crippen molar-refractivity contribution in [3.05, 3.63) is 70.8 Å². The molecular formula is C30H30N4O7. The first-order chi connectivity index (χ1) is 19.6. The Morgan fingerprint density at radius 2 is 1.73 bits per heavy atom. The van der Waals surface area contributed by atoms with Crippen molar-refractivity contribution in [2.24, 2.45) is 0 Å². The number of Topliss-reactive ketones (excluding diaryl/α,β-unsaturated/α-hetero) is 1. The van der Waals surface area contributed by atoms with Crippen LogP contribution in [0.15, 0.2) is 52.6 Å². The molecule has 0 saturated heterocycles. The topological polar surface area (TPSA) is 134 Å². The number of nitrogens with one attached hydrogen (secondary N) is 1. The number of rotatable bonds is 8. The highest BCUT2D eigenvalue weighted by molar-refractivity contribution is 6.26. The number of aromatic nitrogens is 1. The van der Waals surface area contributed by atoms with E-state index in [0.29, 0.717) is 34.5 Å². The van der Waals surface area contributed by atoms with Gasteiger partial charge in [-0.25, -0.2) is 4.98 Å². The van der Waals surface area contributed by atoms with Gasteiger partial charge in [-0.05, 0) is 40.3 Å². The molecule has 0 spiro atoms. The second-order valence-electron chi connectivity index (χ2n) is 10.2. The Hall–Kier alpha value is -4.74. The van der Waals surface area contributed by atoms with Crippen LogP contribution in [-0.4, -0.2) is 79.8 Å². The van der Waals surface area contributed by atoms with Gasteiger partial charge in [0, 0.05) is 17.0 Å². The highest BCUT2D eigenvalue weighted by atomic mass is 16.5. The molecule has 41 heavy (non-hydrogen) atoms. The van der Waals surface area contributed by atoms with E-state index in [0.717, 1.165) is 6.08 Å². The largest absolute Gasteiger partial charge is 0.507 e. The van der Waals surface area contributed by atoms with Crippen LogP contribution in [0, 0.1) is 0 Å². The van der Waals surface area contributed by atoms with Gasteiger partial charge in [-0.15, -0.1) is 0 Å². The van der Waals surface area contributed by atoms with E-state index in [1.54, 1.807) is 49.3 Å². The number of phenols is 1. The maximum Gasteiger partial charge on any atom is 0.246 e. The molecule has 1 amide bonds. The van der Waals surface area contributed by atoms with E-state index in [1.165, 1.54) is 20.3 Å². The SMILES string of the molecule is COc1cccc2c1C(=O)C(NC(=O)C(c1c(O)c3cccc(OC)c3c3oc(CN(C)C)nc13)N(C)C)=CC2=O. The van der Waals surface area contributed by atoms with Gasteiger partial charge in [-0.2, -0.15) is 0 Å². The Morgan fingerprint density at radius 1 is 1.05 bits per heavy atom. The molecule has 1 aliphatic carbocycles. The van der Waals surface area contributed by atoms with Crippen molar-refractivity contribution in [2.45, 2.75) is 12.6 Å². The predicted octanol–water partition coefficient (Wildman–Crippen LogP) is 3.45. The summed E-state index contributed by atoms with van der Waals surface area (Å²) in [5.41, 5.74) is 0.879. The molecule has 1 atom stereocenters. The van der Waals surface area contributed by atoms with Gasteiger partial charge in [0.2, 0.25) is 17.6 Å². The molecule has 0 radical (unpaired) electrons. The van der Waals surface area contributed by atoms with Crippen LogP contribution in [0.1, 0.15) is 38.2 Å². The number of methoxy groups -OCH3 is 2. The molecule has 0 saturated carbocycles. The number of aromatic hydroxyl groups is 1. The molecule has 1 aliphatic rings. The minimum atomic E-state index is -1.13. The van der Waals surface area contributed by atoms with Crippen LogP contribution in [0.2, 0.25) is 0 Å². The van der Waals surface area contributed by atoms with Crippen LogP contribution in [0.25, 0.3) is 21.9 Å². The predicted molar refractivity (Wildman–Crippen MR) is 151 cm³/mol. The van der Waals surface area contributed by atoms with Gasteiger partial charge in [-0.1, -0.05) is 24.3 Å². The summed E-state index contributed by atoms with van der Waals surface area (Å²) in [5.74, 6) is -0.769. The lowest BCUT2D eigenvalue weighted by Gasteiger charge is -2.26. The average Bonchev–Trinajstić information content (AvgIpc) is 3.35.